The van der Waals surface area contributed by atoms with Gasteiger partial charge in [-0.25, -0.2) is 4.79 Å². The number of aliphatic imine (C=N–C) groups is 1. The highest BCUT2D eigenvalue weighted by Crippen LogP contribution is 2.12. The van der Waals surface area contributed by atoms with E-state index >= 15 is 0 Å². The molecule has 2 aromatic rings. The van der Waals surface area contributed by atoms with Gasteiger partial charge >= 0.3 is 5.97 Å². The largest absolute Gasteiger partial charge is 0.508 e. The van der Waals surface area contributed by atoms with Crippen molar-refractivity contribution in [2.75, 3.05) is 13.1 Å². The number of benzene rings is 2. The number of carbonyl (C=O) groups excluding carboxylic acids is 3. The number of nitrogens with two attached hydrogens (primary N) is 3. The van der Waals surface area contributed by atoms with Crippen molar-refractivity contribution in [3.05, 3.63) is 65.7 Å². The molecule has 3 amide bonds. The lowest BCUT2D eigenvalue weighted by Crippen LogP contribution is -2.57. The van der Waals surface area contributed by atoms with E-state index in [0.717, 1.165) is 5.56 Å². The molecule has 210 valence electrons. The molecule has 2 rings (SSSR count). The van der Waals surface area contributed by atoms with Crippen LogP contribution in [0.3, 0.4) is 0 Å². The molecule has 3 unspecified atom stereocenters. The molecule has 0 spiro atoms. The molecule has 11 N–H and O–H groups in total. The van der Waals surface area contributed by atoms with E-state index in [4.69, 9.17) is 17.2 Å². The summed E-state index contributed by atoms with van der Waals surface area (Å²) < 4.78 is 0. The highest BCUT2D eigenvalue weighted by Gasteiger charge is 2.29. The fraction of sp³-hybridized carbons (Fsp3) is 0.346. The number of carboxylic acids is 1. The summed E-state index contributed by atoms with van der Waals surface area (Å²) in [6, 6.07) is 11.3. The first-order chi connectivity index (χ1) is 18.6. The summed E-state index contributed by atoms with van der Waals surface area (Å²) in [6.07, 6.45) is 0.527. The maximum absolute atomic E-state index is 13.3. The average molecular weight is 542 g/mol. The number of carbonyl (C=O) groups is 4. The minimum atomic E-state index is -1.30. The van der Waals surface area contributed by atoms with Gasteiger partial charge in [0.2, 0.25) is 17.7 Å². The number of aromatic hydroxyl groups is 1. The van der Waals surface area contributed by atoms with E-state index in [1.54, 1.807) is 42.5 Å². The normalized spacial score (nSPS) is 12.8. The third kappa shape index (κ3) is 11.1. The smallest absolute Gasteiger partial charge is 0.326 e. The van der Waals surface area contributed by atoms with Gasteiger partial charge in [0, 0.05) is 19.4 Å². The zero-order valence-corrected chi connectivity index (χ0v) is 21.4. The summed E-state index contributed by atoms with van der Waals surface area (Å²) in [5.41, 5.74) is 17.3. The maximum atomic E-state index is 13.3. The molecule has 0 aromatic heterocycles. The molecule has 0 heterocycles. The fourth-order valence-corrected chi connectivity index (χ4v) is 3.70. The second-order valence-corrected chi connectivity index (χ2v) is 8.79. The molecule has 0 bridgehead atoms. The van der Waals surface area contributed by atoms with Gasteiger partial charge in [-0.05, 0) is 36.1 Å². The number of phenolic OH excluding ortho intramolecular Hbond substituents is 1. The predicted octanol–water partition coefficient (Wildman–Crippen LogP) is -1.27. The Morgan fingerprint density at radius 3 is 1.95 bits per heavy atom. The molecule has 13 heteroatoms. The Morgan fingerprint density at radius 1 is 0.795 bits per heavy atom. The molecule has 0 fully saturated rings. The molecule has 0 radical (unpaired) electrons. The van der Waals surface area contributed by atoms with E-state index in [9.17, 15) is 29.4 Å². The Labute approximate surface area is 225 Å². The van der Waals surface area contributed by atoms with Crippen molar-refractivity contribution in [1.82, 2.24) is 16.0 Å². The lowest BCUT2D eigenvalue weighted by Gasteiger charge is -2.25. The Kier molecular flexibility index (Phi) is 12.2. The van der Waals surface area contributed by atoms with Crippen molar-refractivity contribution in [2.24, 2.45) is 22.2 Å². The second-order valence-electron chi connectivity index (χ2n) is 8.79. The number of nitrogens with zero attached hydrogens (tertiary/aromatic N) is 1. The summed E-state index contributed by atoms with van der Waals surface area (Å²) in [4.78, 5) is 54.2. The van der Waals surface area contributed by atoms with E-state index in [1.807, 2.05) is 0 Å². The van der Waals surface area contributed by atoms with Crippen molar-refractivity contribution >= 4 is 29.7 Å². The number of phenols is 1. The van der Waals surface area contributed by atoms with Gasteiger partial charge in [0.05, 0.1) is 6.54 Å². The first-order valence-corrected chi connectivity index (χ1v) is 12.3. The fourth-order valence-electron chi connectivity index (χ4n) is 3.70. The van der Waals surface area contributed by atoms with Gasteiger partial charge in [-0.1, -0.05) is 42.5 Å². The van der Waals surface area contributed by atoms with Crippen LogP contribution in [0.5, 0.6) is 5.75 Å². The van der Waals surface area contributed by atoms with Gasteiger partial charge in [-0.2, -0.15) is 0 Å². The number of aliphatic carboxylic acids is 1. The van der Waals surface area contributed by atoms with Crippen LogP contribution < -0.4 is 33.2 Å². The van der Waals surface area contributed by atoms with Gasteiger partial charge in [-0.3, -0.25) is 19.4 Å². The first kappa shape index (κ1) is 30.6. The summed E-state index contributed by atoms with van der Waals surface area (Å²) in [5, 5.41) is 26.9. The highest BCUT2D eigenvalue weighted by molar-refractivity contribution is 5.93. The number of carboxylic acid groups (broad SMARTS) is 1. The molecule has 3 atom stereocenters. The lowest BCUT2D eigenvalue weighted by atomic mass is 10.0. The summed E-state index contributed by atoms with van der Waals surface area (Å²) in [6.45, 7) is -0.126. The van der Waals surface area contributed by atoms with Crippen molar-refractivity contribution in [2.45, 2.75) is 43.8 Å². The average Bonchev–Trinajstić information content (AvgIpc) is 2.90. The summed E-state index contributed by atoms with van der Waals surface area (Å²) >= 11 is 0. The molecule has 13 nitrogen and oxygen atoms in total. The number of amides is 3. The summed E-state index contributed by atoms with van der Waals surface area (Å²) in [7, 11) is 0. The van der Waals surface area contributed by atoms with Gasteiger partial charge < -0.3 is 43.4 Å². The minimum Gasteiger partial charge on any atom is -0.508 e. The highest BCUT2D eigenvalue weighted by atomic mass is 16.4. The SMILES string of the molecule is NCC(=O)NC(CCCN=C(N)N)C(=O)NC(Cc1ccccc1)C(=O)NC(Cc1ccc(O)cc1)C(=O)O. The number of rotatable bonds is 15. The van der Waals surface area contributed by atoms with E-state index in [1.165, 1.54) is 12.1 Å². The molecular formula is C26H35N7O6. The molecular weight excluding hydrogens is 506 g/mol. The molecule has 0 saturated heterocycles. The van der Waals surface area contributed by atoms with E-state index < -0.39 is 41.8 Å². The standard InChI is InChI=1S/C26H35N7O6/c27-15-22(35)31-19(7-4-12-30-26(28)29)23(36)32-20(13-16-5-2-1-3-6-16)24(37)33-21(25(38)39)14-17-8-10-18(34)11-9-17/h1-3,5-6,8-11,19-21,34H,4,7,12-15,27H2,(H,31,35)(H,32,36)(H,33,37)(H,38,39)(H4,28,29,30). The molecule has 0 saturated carbocycles. The van der Waals surface area contributed by atoms with Crippen LogP contribution in [0.15, 0.2) is 59.6 Å². The Balaban J connectivity index is 2.22. The monoisotopic (exact) mass is 541 g/mol. The zero-order valence-electron chi connectivity index (χ0n) is 21.4. The van der Waals surface area contributed by atoms with E-state index in [2.05, 4.69) is 20.9 Å². The first-order valence-electron chi connectivity index (χ1n) is 12.3. The lowest BCUT2D eigenvalue weighted by molar-refractivity contribution is -0.142. The maximum Gasteiger partial charge on any atom is 0.326 e. The van der Waals surface area contributed by atoms with Gasteiger partial charge in [0.1, 0.15) is 23.9 Å². The topological polar surface area (TPSA) is 235 Å². The third-order valence-corrected chi connectivity index (χ3v) is 5.69. The van der Waals surface area contributed by atoms with E-state index in [-0.39, 0.29) is 44.1 Å². The van der Waals surface area contributed by atoms with Gasteiger partial charge in [0.15, 0.2) is 5.96 Å². The van der Waals surface area contributed by atoms with Crippen LogP contribution in [-0.4, -0.2) is 71.1 Å². The van der Waals surface area contributed by atoms with Crippen molar-refractivity contribution in [3.63, 3.8) is 0 Å². The molecule has 0 aliphatic carbocycles. The Morgan fingerprint density at radius 2 is 1.36 bits per heavy atom. The molecule has 0 aliphatic heterocycles. The van der Waals surface area contributed by atoms with E-state index in [0.29, 0.717) is 12.0 Å². The Bertz CT molecular complexity index is 1140. The number of nitrogens with one attached hydrogen (secondary N) is 3. The van der Waals surface area contributed by atoms with Crippen LogP contribution in [0, 0.1) is 0 Å². The van der Waals surface area contributed by atoms with Gasteiger partial charge in [-0.15, -0.1) is 0 Å². The van der Waals surface area contributed by atoms with Crippen molar-refractivity contribution < 1.29 is 29.4 Å². The van der Waals surface area contributed by atoms with Crippen molar-refractivity contribution in [3.8, 4) is 5.75 Å². The minimum absolute atomic E-state index is 0.0230. The Hall–Kier alpha value is -4.65. The zero-order chi connectivity index (χ0) is 28.8. The third-order valence-electron chi connectivity index (χ3n) is 5.69. The van der Waals surface area contributed by atoms with Crippen LogP contribution >= 0.6 is 0 Å². The van der Waals surface area contributed by atoms with Crippen LogP contribution in [0.25, 0.3) is 0 Å². The van der Waals surface area contributed by atoms with Crippen LogP contribution in [0.2, 0.25) is 0 Å². The molecule has 2 aromatic carbocycles. The molecule has 39 heavy (non-hydrogen) atoms. The second kappa shape index (κ2) is 15.6. The number of guanidine groups is 1. The van der Waals surface area contributed by atoms with Crippen LogP contribution in [0.4, 0.5) is 0 Å². The van der Waals surface area contributed by atoms with Crippen molar-refractivity contribution in [1.29, 1.82) is 0 Å². The van der Waals surface area contributed by atoms with Crippen LogP contribution in [-0.2, 0) is 32.0 Å². The predicted molar refractivity (Wildman–Crippen MR) is 144 cm³/mol. The summed E-state index contributed by atoms with van der Waals surface area (Å²) in [5.74, 6) is -3.29. The van der Waals surface area contributed by atoms with Crippen LogP contribution in [0.1, 0.15) is 24.0 Å². The number of hydrogen-bond donors (Lipinski definition) is 8. The number of hydrogen-bond acceptors (Lipinski definition) is 7. The molecule has 0 aliphatic rings. The quantitative estimate of drug-likeness (QED) is 0.0761. The van der Waals surface area contributed by atoms with Gasteiger partial charge in [0.25, 0.3) is 0 Å².